The molecule has 104 valence electrons. The van der Waals surface area contributed by atoms with Gasteiger partial charge in [0.05, 0.1) is 11.5 Å². The Bertz CT molecular complexity index is 636. The Kier molecular flexibility index (Phi) is 4.44. The molecule has 7 nitrogen and oxygen atoms in total. The van der Waals surface area contributed by atoms with Crippen molar-refractivity contribution in [3.05, 3.63) is 51.4 Å². The first kappa shape index (κ1) is 14.2. The molecular formula is C12H10ClN3O4. The van der Waals surface area contributed by atoms with Crippen molar-refractivity contribution < 1.29 is 14.4 Å². The maximum Gasteiger partial charge on any atom is 0.368 e. The molecule has 0 atom stereocenters. The standard InChI is InChI=1S/C12H10ClN3O4/c1-19-6-8-3-2-4-9(5-8)20-12-10(16(17)18)11(13)14-7-15-12/h2-5,7H,6H2,1H3. The first-order valence-corrected chi connectivity index (χ1v) is 5.90. The highest BCUT2D eigenvalue weighted by molar-refractivity contribution is 6.31. The number of halogens is 1. The fraction of sp³-hybridized carbons (Fsp3) is 0.167. The summed E-state index contributed by atoms with van der Waals surface area (Å²) in [6.45, 7) is 0.407. The number of benzene rings is 1. The van der Waals surface area contributed by atoms with Gasteiger partial charge in [0, 0.05) is 7.11 Å². The zero-order valence-corrected chi connectivity index (χ0v) is 11.2. The van der Waals surface area contributed by atoms with Crippen molar-refractivity contribution in [1.82, 2.24) is 9.97 Å². The summed E-state index contributed by atoms with van der Waals surface area (Å²) in [7, 11) is 1.57. The predicted octanol–water partition coefficient (Wildman–Crippen LogP) is 2.98. The van der Waals surface area contributed by atoms with Crippen molar-refractivity contribution >= 4 is 17.3 Å². The van der Waals surface area contributed by atoms with Gasteiger partial charge in [0.2, 0.25) is 5.15 Å². The fourth-order valence-corrected chi connectivity index (χ4v) is 1.74. The molecule has 0 saturated carbocycles. The average Bonchev–Trinajstić information content (AvgIpc) is 2.39. The van der Waals surface area contributed by atoms with Gasteiger partial charge in [-0.3, -0.25) is 10.1 Å². The normalized spacial score (nSPS) is 10.3. The van der Waals surface area contributed by atoms with Crippen molar-refractivity contribution in [3.8, 4) is 11.6 Å². The minimum Gasteiger partial charge on any atom is -0.434 e. The molecule has 0 spiro atoms. The van der Waals surface area contributed by atoms with Crippen LogP contribution >= 0.6 is 11.6 Å². The molecule has 0 saturated heterocycles. The fourth-order valence-electron chi connectivity index (χ4n) is 1.55. The second-order valence-electron chi connectivity index (χ2n) is 3.76. The molecule has 0 unspecified atom stereocenters. The largest absolute Gasteiger partial charge is 0.434 e. The third-order valence-electron chi connectivity index (χ3n) is 2.35. The van der Waals surface area contributed by atoms with Gasteiger partial charge in [0.25, 0.3) is 0 Å². The van der Waals surface area contributed by atoms with Gasteiger partial charge in [-0.15, -0.1) is 0 Å². The van der Waals surface area contributed by atoms with Crippen LogP contribution in [0.25, 0.3) is 0 Å². The number of nitro groups is 1. The minimum atomic E-state index is -0.684. The molecule has 0 aliphatic heterocycles. The molecule has 2 rings (SSSR count). The molecule has 0 aliphatic rings. The summed E-state index contributed by atoms with van der Waals surface area (Å²) in [4.78, 5) is 17.6. The summed E-state index contributed by atoms with van der Waals surface area (Å²) in [5.41, 5.74) is 0.402. The number of hydrogen-bond donors (Lipinski definition) is 0. The van der Waals surface area contributed by atoms with E-state index in [4.69, 9.17) is 21.1 Å². The van der Waals surface area contributed by atoms with Crippen LogP contribution in [0.1, 0.15) is 5.56 Å². The third-order valence-corrected chi connectivity index (χ3v) is 2.63. The van der Waals surface area contributed by atoms with Gasteiger partial charge in [-0.1, -0.05) is 23.7 Å². The Morgan fingerprint density at radius 2 is 2.20 bits per heavy atom. The van der Waals surface area contributed by atoms with Crippen LogP contribution in [0.5, 0.6) is 11.6 Å². The van der Waals surface area contributed by atoms with Gasteiger partial charge in [0.1, 0.15) is 12.1 Å². The topological polar surface area (TPSA) is 87.4 Å². The van der Waals surface area contributed by atoms with Gasteiger partial charge >= 0.3 is 11.6 Å². The van der Waals surface area contributed by atoms with E-state index >= 15 is 0 Å². The van der Waals surface area contributed by atoms with Crippen LogP contribution < -0.4 is 4.74 Å². The highest BCUT2D eigenvalue weighted by Crippen LogP contribution is 2.33. The lowest BCUT2D eigenvalue weighted by Gasteiger charge is -2.07. The number of hydrogen-bond acceptors (Lipinski definition) is 6. The lowest BCUT2D eigenvalue weighted by atomic mass is 10.2. The van der Waals surface area contributed by atoms with E-state index in [-0.39, 0.29) is 11.0 Å². The summed E-state index contributed by atoms with van der Waals surface area (Å²) >= 11 is 5.68. The molecule has 0 fully saturated rings. The molecule has 0 N–H and O–H groups in total. The van der Waals surface area contributed by atoms with E-state index in [1.807, 2.05) is 6.07 Å². The Morgan fingerprint density at radius 1 is 1.40 bits per heavy atom. The summed E-state index contributed by atoms with van der Waals surface area (Å²) in [5, 5.41) is 10.7. The van der Waals surface area contributed by atoms with Crippen molar-refractivity contribution in [2.24, 2.45) is 0 Å². The van der Waals surface area contributed by atoms with Crippen LogP contribution in [0.4, 0.5) is 5.69 Å². The molecule has 0 amide bonds. The molecule has 1 heterocycles. The Balaban J connectivity index is 2.32. The number of nitrogens with zero attached hydrogens (tertiary/aromatic N) is 3. The Labute approximate surface area is 119 Å². The van der Waals surface area contributed by atoms with E-state index in [1.165, 1.54) is 0 Å². The SMILES string of the molecule is COCc1cccc(Oc2ncnc(Cl)c2[N+](=O)[O-])c1. The van der Waals surface area contributed by atoms with E-state index in [1.54, 1.807) is 25.3 Å². The summed E-state index contributed by atoms with van der Waals surface area (Å²) in [5.74, 6) is 0.196. The van der Waals surface area contributed by atoms with Gasteiger partial charge in [-0.2, -0.15) is 4.98 Å². The van der Waals surface area contributed by atoms with Gasteiger partial charge in [0.15, 0.2) is 0 Å². The molecule has 0 bridgehead atoms. The van der Waals surface area contributed by atoms with E-state index in [0.717, 1.165) is 11.9 Å². The van der Waals surface area contributed by atoms with Crippen LogP contribution in [0.15, 0.2) is 30.6 Å². The van der Waals surface area contributed by atoms with E-state index in [0.29, 0.717) is 12.4 Å². The number of aromatic nitrogens is 2. The molecule has 20 heavy (non-hydrogen) atoms. The third kappa shape index (κ3) is 3.19. The molecule has 8 heteroatoms. The average molecular weight is 296 g/mol. The molecule has 1 aromatic heterocycles. The van der Waals surface area contributed by atoms with Crippen molar-refractivity contribution in [3.63, 3.8) is 0 Å². The van der Waals surface area contributed by atoms with Crippen LogP contribution in [0, 0.1) is 10.1 Å². The molecule has 0 aliphatic carbocycles. The van der Waals surface area contributed by atoms with Gasteiger partial charge < -0.3 is 9.47 Å². The summed E-state index contributed by atoms with van der Waals surface area (Å²) < 4.78 is 10.4. The highest BCUT2D eigenvalue weighted by atomic mass is 35.5. The molecule has 2 aromatic rings. The van der Waals surface area contributed by atoms with E-state index < -0.39 is 10.6 Å². The van der Waals surface area contributed by atoms with Crippen LogP contribution in [-0.2, 0) is 11.3 Å². The van der Waals surface area contributed by atoms with Crippen LogP contribution in [0.3, 0.4) is 0 Å². The predicted molar refractivity (Wildman–Crippen MR) is 70.9 cm³/mol. The first-order chi connectivity index (χ1) is 9.61. The Morgan fingerprint density at radius 3 is 2.90 bits per heavy atom. The maximum atomic E-state index is 10.9. The molecule has 0 radical (unpaired) electrons. The summed E-state index contributed by atoms with van der Waals surface area (Å²) in [6.07, 6.45) is 1.10. The van der Waals surface area contributed by atoms with Crippen LogP contribution in [-0.4, -0.2) is 22.0 Å². The quantitative estimate of drug-likeness (QED) is 0.479. The highest BCUT2D eigenvalue weighted by Gasteiger charge is 2.23. The minimum absolute atomic E-state index is 0.204. The van der Waals surface area contributed by atoms with Crippen molar-refractivity contribution in [2.75, 3.05) is 7.11 Å². The zero-order chi connectivity index (χ0) is 14.5. The van der Waals surface area contributed by atoms with E-state index in [9.17, 15) is 10.1 Å². The lowest BCUT2D eigenvalue weighted by Crippen LogP contribution is -1.98. The number of rotatable bonds is 5. The second-order valence-corrected chi connectivity index (χ2v) is 4.12. The van der Waals surface area contributed by atoms with Crippen LogP contribution in [0.2, 0.25) is 5.15 Å². The second kappa shape index (κ2) is 6.27. The lowest BCUT2D eigenvalue weighted by molar-refractivity contribution is -0.386. The summed E-state index contributed by atoms with van der Waals surface area (Å²) in [6, 6.07) is 6.94. The maximum absolute atomic E-state index is 10.9. The Hall–Kier alpha value is -2.25. The number of methoxy groups -OCH3 is 1. The van der Waals surface area contributed by atoms with Gasteiger partial charge in [-0.25, -0.2) is 4.98 Å². The first-order valence-electron chi connectivity index (χ1n) is 5.52. The van der Waals surface area contributed by atoms with Crippen molar-refractivity contribution in [2.45, 2.75) is 6.61 Å². The van der Waals surface area contributed by atoms with E-state index in [2.05, 4.69) is 9.97 Å². The zero-order valence-electron chi connectivity index (χ0n) is 10.4. The smallest absolute Gasteiger partial charge is 0.368 e. The molecule has 1 aromatic carbocycles. The monoisotopic (exact) mass is 295 g/mol. The van der Waals surface area contributed by atoms with Crippen molar-refractivity contribution in [1.29, 1.82) is 0 Å². The van der Waals surface area contributed by atoms with Gasteiger partial charge in [-0.05, 0) is 17.7 Å². The molecular weight excluding hydrogens is 286 g/mol. The number of ether oxygens (including phenoxy) is 2.